The summed E-state index contributed by atoms with van der Waals surface area (Å²) in [6, 6.07) is 0. The molecule has 1 fully saturated rings. The third kappa shape index (κ3) is 5.13. The first-order valence-electron chi connectivity index (χ1n) is 8.47. The quantitative estimate of drug-likeness (QED) is 0.786. The van der Waals surface area contributed by atoms with Gasteiger partial charge in [0.05, 0.1) is 5.69 Å². The third-order valence-corrected chi connectivity index (χ3v) is 4.63. The molecule has 0 unspecified atom stereocenters. The highest BCUT2D eigenvalue weighted by Crippen LogP contribution is 2.16. The molecule has 0 saturated carbocycles. The lowest BCUT2D eigenvalue weighted by molar-refractivity contribution is -0.121. The summed E-state index contributed by atoms with van der Waals surface area (Å²) in [5.74, 6) is 1.82. The zero-order valence-corrected chi connectivity index (χ0v) is 14.2. The number of amides is 1. The van der Waals surface area contributed by atoms with Crippen LogP contribution in [0, 0.1) is 19.8 Å². The predicted octanol–water partition coefficient (Wildman–Crippen LogP) is 2.46. The third-order valence-electron chi connectivity index (χ3n) is 4.63. The second kappa shape index (κ2) is 8.32. The lowest BCUT2D eigenvalue weighted by atomic mass is 9.99. The normalized spacial score (nSPS) is 16.9. The maximum absolute atomic E-state index is 11.9. The Kier molecular flexibility index (Phi) is 6.43. The second-order valence-corrected chi connectivity index (χ2v) is 6.53. The first-order chi connectivity index (χ1) is 10.6. The summed E-state index contributed by atoms with van der Waals surface area (Å²) in [5.41, 5.74) is 1.96. The van der Waals surface area contributed by atoms with Gasteiger partial charge in [-0.2, -0.15) is 0 Å². The fourth-order valence-corrected chi connectivity index (χ4v) is 3.00. The van der Waals surface area contributed by atoms with Crippen LogP contribution in [0.3, 0.4) is 0 Å². The van der Waals surface area contributed by atoms with Gasteiger partial charge in [-0.1, -0.05) is 12.1 Å². The number of piperidine rings is 1. The summed E-state index contributed by atoms with van der Waals surface area (Å²) in [6.45, 7) is 10.4. The molecule has 22 heavy (non-hydrogen) atoms. The van der Waals surface area contributed by atoms with Crippen LogP contribution in [-0.2, 0) is 11.2 Å². The minimum absolute atomic E-state index is 0.118. The van der Waals surface area contributed by atoms with Gasteiger partial charge in [-0.15, -0.1) is 0 Å². The largest absolute Gasteiger partial charge is 0.361 e. The van der Waals surface area contributed by atoms with Crippen molar-refractivity contribution < 1.29 is 9.32 Å². The van der Waals surface area contributed by atoms with Gasteiger partial charge in [0.25, 0.3) is 0 Å². The average Bonchev–Trinajstić information content (AvgIpc) is 2.82. The monoisotopic (exact) mass is 307 g/mol. The molecule has 2 heterocycles. The Labute approximate surface area is 133 Å². The van der Waals surface area contributed by atoms with Crippen LogP contribution in [0.5, 0.6) is 0 Å². The number of carbonyl (C=O) groups excluding carboxylic acids is 1. The van der Waals surface area contributed by atoms with E-state index in [9.17, 15) is 4.79 Å². The number of nitrogens with one attached hydrogen (secondary N) is 1. The number of carbonyl (C=O) groups is 1. The van der Waals surface area contributed by atoms with E-state index in [1.165, 1.54) is 25.9 Å². The molecule has 2 rings (SSSR count). The summed E-state index contributed by atoms with van der Waals surface area (Å²) in [7, 11) is 0. The number of likely N-dealkylation sites (tertiary alicyclic amines) is 1. The molecule has 0 radical (unpaired) electrons. The number of hydrogen-bond acceptors (Lipinski definition) is 4. The summed E-state index contributed by atoms with van der Waals surface area (Å²) in [4.78, 5) is 14.4. The first kappa shape index (κ1) is 17.0. The molecule has 0 aliphatic carbocycles. The van der Waals surface area contributed by atoms with Gasteiger partial charge in [0.1, 0.15) is 5.76 Å². The topological polar surface area (TPSA) is 58.4 Å². The number of aromatic nitrogens is 1. The van der Waals surface area contributed by atoms with Crippen molar-refractivity contribution in [3.8, 4) is 0 Å². The Hall–Kier alpha value is -1.36. The summed E-state index contributed by atoms with van der Waals surface area (Å²) >= 11 is 0. The molecule has 1 aromatic rings. The van der Waals surface area contributed by atoms with Crippen LogP contribution in [0.15, 0.2) is 4.52 Å². The maximum atomic E-state index is 11.9. The van der Waals surface area contributed by atoms with Gasteiger partial charge < -0.3 is 14.7 Å². The van der Waals surface area contributed by atoms with Gasteiger partial charge in [-0.25, -0.2) is 0 Å². The van der Waals surface area contributed by atoms with E-state index in [0.717, 1.165) is 42.4 Å². The number of nitrogens with zero attached hydrogens (tertiary/aromatic N) is 2. The molecular formula is C17H29N3O2. The summed E-state index contributed by atoms with van der Waals surface area (Å²) in [5, 5.41) is 6.93. The van der Waals surface area contributed by atoms with Crippen molar-refractivity contribution in [3.63, 3.8) is 0 Å². The number of aryl methyl sites for hydroxylation is 2. The zero-order valence-electron chi connectivity index (χ0n) is 14.2. The maximum Gasteiger partial charge on any atom is 0.220 e. The van der Waals surface area contributed by atoms with Gasteiger partial charge in [0, 0.05) is 18.5 Å². The number of hydrogen-bond donors (Lipinski definition) is 1. The minimum atomic E-state index is 0.118. The predicted molar refractivity (Wildman–Crippen MR) is 86.8 cm³/mol. The molecule has 1 aliphatic rings. The van der Waals surface area contributed by atoms with E-state index in [2.05, 4.69) is 22.3 Å². The Morgan fingerprint density at radius 1 is 1.36 bits per heavy atom. The van der Waals surface area contributed by atoms with Gasteiger partial charge in [-0.3, -0.25) is 4.79 Å². The second-order valence-electron chi connectivity index (χ2n) is 6.53. The van der Waals surface area contributed by atoms with Crippen LogP contribution < -0.4 is 5.32 Å². The molecule has 0 spiro atoms. The van der Waals surface area contributed by atoms with Crippen LogP contribution in [0.1, 0.15) is 49.6 Å². The molecule has 0 bridgehead atoms. The highest BCUT2D eigenvalue weighted by Gasteiger charge is 2.15. The highest BCUT2D eigenvalue weighted by molar-refractivity contribution is 5.76. The van der Waals surface area contributed by atoms with Gasteiger partial charge in [0.2, 0.25) is 5.91 Å². The van der Waals surface area contributed by atoms with Crippen LogP contribution >= 0.6 is 0 Å². The van der Waals surface area contributed by atoms with Gasteiger partial charge in [0.15, 0.2) is 0 Å². The molecule has 124 valence electrons. The molecule has 5 heteroatoms. The first-order valence-corrected chi connectivity index (χ1v) is 8.47. The average molecular weight is 307 g/mol. The molecule has 5 nitrogen and oxygen atoms in total. The van der Waals surface area contributed by atoms with Crippen molar-refractivity contribution in [2.24, 2.45) is 5.92 Å². The van der Waals surface area contributed by atoms with Gasteiger partial charge in [-0.05, 0) is 65.1 Å². The van der Waals surface area contributed by atoms with Crippen molar-refractivity contribution in [3.05, 3.63) is 17.0 Å². The van der Waals surface area contributed by atoms with Crippen molar-refractivity contribution in [2.75, 3.05) is 26.2 Å². The number of rotatable bonds is 7. The van der Waals surface area contributed by atoms with E-state index in [1.807, 2.05) is 13.8 Å². The van der Waals surface area contributed by atoms with E-state index in [4.69, 9.17) is 4.52 Å². The molecule has 1 amide bonds. The van der Waals surface area contributed by atoms with Crippen molar-refractivity contribution in [2.45, 2.75) is 52.9 Å². The van der Waals surface area contributed by atoms with Crippen molar-refractivity contribution >= 4 is 5.91 Å². The van der Waals surface area contributed by atoms with Crippen molar-refractivity contribution in [1.29, 1.82) is 0 Å². The van der Waals surface area contributed by atoms with Crippen LogP contribution in [0.2, 0.25) is 0 Å². The van der Waals surface area contributed by atoms with Crippen molar-refractivity contribution in [1.82, 2.24) is 15.4 Å². The molecule has 1 aromatic heterocycles. The van der Waals surface area contributed by atoms with Crippen LogP contribution in [-0.4, -0.2) is 42.1 Å². The molecule has 0 atom stereocenters. The van der Waals surface area contributed by atoms with E-state index >= 15 is 0 Å². The molecular weight excluding hydrogens is 278 g/mol. The SMILES string of the molecule is Cc1noc(C)c1CCC(=O)NCCCN1CCC(C)CC1. The smallest absolute Gasteiger partial charge is 0.220 e. The lowest BCUT2D eigenvalue weighted by Crippen LogP contribution is -2.35. The molecule has 1 N–H and O–H groups in total. The Morgan fingerprint density at radius 2 is 2.09 bits per heavy atom. The Morgan fingerprint density at radius 3 is 2.73 bits per heavy atom. The van der Waals surface area contributed by atoms with Crippen LogP contribution in [0.25, 0.3) is 0 Å². The molecule has 1 saturated heterocycles. The Balaban J connectivity index is 1.56. The molecule has 0 aromatic carbocycles. The Bertz CT molecular complexity index is 457. The minimum Gasteiger partial charge on any atom is -0.361 e. The van der Waals surface area contributed by atoms with Gasteiger partial charge >= 0.3 is 0 Å². The molecule has 1 aliphatic heterocycles. The zero-order chi connectivity index (χ0) is 15.9. The summed E-state index contributed by atoms with van der Waals surface area (Å²) < 4.78 is 5.11. The lowest BCUT2D eigenvalue weighted by Gasteiger charge is -2.30. The van der Waals surface area contributed by atoms with E-state index < -0.39 is 0 Å². The summed E-state index contributed by atoms with van der Waals surface area (Å²) in [6.07, 6.45) is 4.86. The highest BCUT2D eigenvalue weighted by atomic mass is 16.5. The standard InChI is InChI=1S/C17H29N3O2/c1-13-7-11-20(12-8-13)10-4-9-18-17(21)6-5-16-14(2)19-22-15(16)3/h13H,4-12H2,1-3H3,(H,18,21). The van der Waals surface area contributed by atoms with E-state index in [1.54, 1.807) is 0 Å². The fourth-order valence-electron chi connectivity index (χ4n) is 3.00. The van der Waals surface area contributed by atoms with E-state index in [0.29, 0.717) is 12.8 Å². The van der Waals surface area contributed by atoms with E-state index in [-0.39, 0.29) is 5.91 Å². The van der Waals surface area contributed by atoms with Crippen LogP contribution in [0.4, 0.5) is 0 Å². The fraction of sp³-hybridized carbons (Fsp3) is 0.765.